The fraction of sp³-hybridized carbons (Fsp3) is 1.00. The van der Waals surface area contributed by atoms with E-state index in [0.29, 0.717) is 6.04 Å². The monoisotopic (exact) mass is 198 g/mol. The van der Waals surface area contributed by atoms with E-state index in [1.54, 1.807) is 0 Å². The Morgan fingerprint density at radius 2 is 2.14 bits per heavy atom. The summed E-state index contributed by atoms with van der Waals surface area (Å²) >= 11 is 0. The lowest BCUT2D eigenvalue weighted by Crippen LogP contribution is -2.41. The van der Waals surface area contributed by atoms with Gasteiger partial charge in [0, 0.05) is 18.6 Å². The van der Waals surface area contributed by atoms with Gasteiger partial charge >= 0.3 is 0 Å². The second-order valence-corrected chi connectivity index (χ2v) is 5.01. The van der Waals surface area contributed by atoms with Crippen LogP contribution in [-0.4, -0.2) is 30.6 Å². The first-order chi connectivity index (χ1) is 6.63. The molecule has 0 aromatic carbocycles. The molecule has 0 bridgehead atoms. The van der Waals surface area contributed by atoms with Crippen molar-refractivity contribution in [1.29, 1.82) is 0 Å². The summed E-state index contributed by atoms with van der Waals surface area (Å²) in [6.07, 6.45) is 6.97. The van der Waals surface area contributed by atoms with E-state index in [9.17, 15) is 0 Å². The Morgan fingerprint density at radius 1 is 1.43 bits per heavy atom. The topological polar surface area (TPSA) is 29.3 Å². The van der Waals surface area contributed by atoms with E-state index in [4.69, 9.17) is 5.73 Å². The van der Waals surface area contributed by atoms with Gasteiger partial charge in [-0.25, -0.2) is 0 Å². The van der Waals surface area contributed by atoms with Crippen LogP contribution < -0.4 is 5.73 Å². The van der Waals surface area contributed by atoms with Crippen LogP contribution in [0.4, 0.5) is 0 Å². The standard InChI is InChI=1S/C12H26N2/c1-4-11-6-5-7-12(8-11)14(3)9-10(2)13/h10-12H,4-9,13H2,1-3H3. The van der Waals surface area contributed by atoms with Crippen LogP contribution in [0, 0.1) is 5.92 Å². The van der Waals surface area contributed by atoms with E-state index in [0.717, 1.165) is 18.5 Å². The first kappa shape index (κ1) is 12.0. The first-order valence-corrected chi connectivity index (χ1v) is 6.09. The molecule has 0 spiro atoms. The van der Waals surface area contributed by atoms with Crippen molar-refractivity contribution in [2.75, 3.05) is 13.6 Å². The average Bonchev–Trinajstić information content (AvgIpc) is 2.17. The molecule has 2 heteroatoms. The Balaban J connectivity index is 2.35. The third kappa shape index (κ3) is 3.58. The number of nitrogens with zero attached hydrogens (tertiary/aromatic N) is 1. The summed E-state index contributed by atoms with van der Waals surface area (Å²) in [6, 6.07) is 1.10. The quantitative estimate of drug-likeness (QED) is 0.750. The van der Waals surface area contributed by atoms with Crippen molar-refractivity contribution in [3.63, 3.8) is 0 Å². The predicted octanol–water partition coefficient (Wildman–Crippen LogP) is 2.23. The number of hydrogen-bond donors (Lipinski definition) is 1. The zero-order chi connectivity index (χ0) is 10.6. The van der Waals surface area contributed by atoms with Crippen LogP contribution in [0.1, 0.15) is 46.0 Å². The Kier molecular flexibility index (Phi) is 4.90. The largest absolute Gasteiger partial charge is 0.327 e. The normalized spacial score (nSPS) is 30.6. The SMILES string of the molecule is CCC1CCCC(N(C)CC(C)N)C1. The molecule has 0 radical (unpaired) electrons. The summed E-state index contributed by atoms with van der Waals surface area (Å²) < 4.78 is 0. The molecule has 3 atom stereocenters. The van der Waals surface area contributed by atoms with Gasteiger partial charge in [0.2, 0.25) is 0 Å². The van der Waals surface area contributed by atoms with E-state index in [-0.39, 0.29) is 0 Å². The van der Waals surface area contributed by atoms with Gasteiger partial charge in [0.15, 0.2) is 0 Å². The summed E-state index contributed by atoms with van der Waals surface area (Å²) in [7, 11) is 2.23. The molecule has 84 valence electrons. The lowest BCUT2D eigenvalue weighted by molar-refractivity contribution is 0.151. The molecule has 1 fully saturated rings. The Labute approximate surface area is 88.8 Å². The summed E-state index contributed by atoms with van der Waals surface area (Å²) in [5.41, 5.74) is 5.83. The molecule has 3 unspecified atom stereocenters. The van der Waals surface area contributed by atoms with Crippen LogP contribution in [0.15, 0.2) is 0 Å². The van der Waals surface area contributed by atoms with Crippen LogP contribution in [0.2, 0.25) is 0 Å². The molecule has 0 amide bonds. The molecule has 0 aliphatic heterocycles. The molecule has 0 aromatic rings. The van der Waals surface area contributed by atoms with Gasteiger partial charge in [-0.3, -0.25) is 0 Å². The lowest BCUT2D eigenvalue weighted by atomic mass is 9.83. The number of nitrogens with two attached hydrogens (primary N) is 1. The van der Waals surface area contributed by atoms with Gasteiger partial charge in [-0.05, 0) is 32.7 Å². The van der Waals surface area contributed by atoms with Crippen molar-refractivity contribution < 1.29 is 0 Å². The van der Waals surface area contributed by atoms with E-state index in [1.165, 1.54) is 32.1 Å². The molecule has 1 aliphatic carbocycles. The maximum Gasteiger partial charge on any atom is 0.0139 e. The Hall–Kier alpha value is -0.0800. The smallest absolute Gasteiger partial charge is 0.0139 e. The van der Waals surface area contributed by atoms with Crippen LogP contribution in [0.25, 0.3) is 0 Å². The minimum absolute atomic E-state index is 0.307. The van der Waals surface area contributed by atoms with E-state index in [2.05, 4.69) is 25.8 Å². The van der Waals surface area contributed by atoms with Crippen LogP contribution in [0.3, 0.4) is 0 Å². The zero-order valence-electron chi connectivity index (χ0n) is 10.00. The van der Waals surface area contributed by atoms with Crippen molar-refractivity contribution in [2.24, 2.45) is 11.7 Å². The zero-order valence-corrected chi connectivity index (χ0v) is 10.00. The molecule has 2 N–H and O–H groups in total. The molecule has 0 saturated heterocycles. The van der Waals surface area contributed by atoms with Gasteiger partial charge in [-0.2, -0.15) is 0 Å². The second-order valence-electron chi connectivity index (χ2n) is 5.01. The minimum Gasteiger partial charge on any atom is -0.327 e. The highest BCUT2D eigenvalue weighted by atomic mass is 15.1. The van der Waals surface area contributed by atoms with Gasteiger partial charge in [0.25, 0.3) is 0 Å². The highest BCUT2D eigenvalue weighted by Crippen LogP contribution is 2.29. The van der Waals surface area contributed by atoms with E-state index >= 15 is 0 Å². The second kappa shape index (κ2) is 5.72. The van der Waals surface area contributed by atoms with Gasteiger partial charge in [0.1, 0.15) is 0 Å². The number of rotatable bonds is 4. The maximum atomic E-state index is 5.83. The average molecular weight is 198 g/mol. The van der Waals surface area contributed by atoms with Crippen LogP contribution >= 0.6 is 0 Å². The number of hydrogen-bond acceptors (Lipinski definition) is 2. The van der Waals surface area contributed by atoms with Crippen LogP contribution in [0.5, 0.6) is 0 Å². The van der Waals surface area contributed by atoms with Gasteiger partial charge < -0.3 is 10.6 Å². The summed E-state index contributed by atoms with van der Waals surface area (Å²) in [4.78, 5) is 2.46. The fourth-order valence-corrected chi connectivity index (χ4v) is 2.64. The minimum atomic E-state index is 0.307. The highest BCUT2D eigenvalue weighted by Gasteiger charge is 2.23. The molecule has 1 rings (SSSR count). The van der Waals surface area contributed by atoms with Crippen molar-refractivity contribution in [1.82, 2.24) is 4.90 Å². The molecule has 1 saturated carbocycles. The third-order valence-electron chi connectivity index (χ3n) is 3.53. The Bertz CT molecular complexity index is 156. The predicted molar refractivity (Wildman–Crippen MR) is 62.3 cm³/mol. The highest BCUT2D eigenvalue weighted by molar-refractivity contribution is 4.79. The van der Waals surface area contributed by atoms with Crippen molar-refractivity contribution in [2.45, 2.75) is 58.0 Å². The number of likely N-dealkylation sites (N-methyl/N-ethyl adjacent to an activating group) is 1. The maximum absolute atomic E-state index is 5.83. The van der Waals surface area contributed by atoms with E-state index in [1.807, 2.05) is 0 Å². The fourth-order valence-electron chi connectivity index (χ4n) is 2.64. The van der Waals surface area contributed by atoms with Crippen LogP contribution in [-0.2, 0) is 0 Å². The molecule has 14 heavy (non-hydrogen) atoms. The van der Waals surface area contributed by atoms with Crippen molar-refractivity contribution >= 4 is 0 Å². The molecule has 0 heterocycles. The van der Waals surface area contributed by atoms with Crippen molar-refractivity contribution in [3.05, 3.63) is 0 Å². The molecule has 1 aliphatic rings. The molecule has 0 aromatic heterocycles. The molecule has 2 nitrogen and oxygen atoms in total. The van der Waals surface area contributed by atoms with Crippen molar-refractivity contribution in [3.8, 4) is 0 Å². The molecular weight excluding hydrogens is 172 g/mol. The van der Waals surface area contributed by atoms with Gasteiger partial charge in [-0.1, -0.05) is 26.2 Å². The Morgan fingerprint density at radius 3 is 2.71 bits per heavy atom. The third-order valence-corrected chi connectivity index (χ3v) is 3.53. The molecular formula is C12H26N2. The lowest BCUT2D eigenvalue weighted by Gasteiger charge is -2.35. The summed E-state index contributed by atoms with van der Waals surface area (Å²) in [6.45, 7) is 5.45. The van der Waals surface area contributed by atoms with Gasteiger partial charge in [0.05, 0.1) is 0 Å². The summed E-state index contributed by atoms with van der Waals surface area (Å²) in [5.74, 6) is 0.962. The van der Waals surface area contributed by atoms with Gasteiger partial charge in [-0.15, -0.1) is 0 Å². The summed E-state index contributed by atoms with van der Waals surface area (Å²) in [5, 5.41) is 0. The first-order valence-electron chi connectivity index (χ1n) is 6.09. The van der Waals surface area contributed by atoms with E-state index < -0.39 is 0 Å².